The van der Waals surface area contributed by atoms with Crippen molar-refractivity contribution in [1.82, 2.24) is 20.0 Å². The molecule has 278 valence electrons. The van der Waals surface area contributed by atoms with E-state index < -0.39 is 11.8 Å². The molecule has 0 radical (unpaired) electrons. The highest BCUT2D eigenvalue weighted by atomic mass is 16.6. The fourth-order valence-electron chi connectivity index (χ4n) is 6.81. The number of rotatable bonds is 13. The Balaban J connectivity index is 1.07. The molecule has 1 saturated heterocycles. The number of hydrogen-bond donors (Lipinski definition) is 1. The van der Waals surface area contributed by atoms with Gasteiger partial charge >= 0.3 is 0 Å². The van der Waals surface area contributed by atoms with Gasteiger partial charge in [-0.25, -0.2) is 4.98 Å². The Hall–Kier alpha value is -5.78. The van der Waals surface area contributed by atoms with Gasteiger partial charge in [0.2, 0.25) is 0 Å². The number of carbonyl (C=O) groups is 1. The predicted octanol–water partition coefficient (Wildman–Crippen LogP) is 7.84. The third-order valence-electron chi connectivity index (χ3n) is 9.74. The van der Waals surface area contributed by atoms with Crippen LogP contribution in [0.25, 0.3) is 11.2 Å². The van der Waals surface area contributed by atoms with E-state index in [4.69, 9.17) is 23.7 Å². The van der Waals surface area contributed by atoms with Crippen molar-refractivity contribution < 1.29 is 28.5 Å². The van der Waals surface area contributed by atoms with E-state index in [0.29, 0.717) is 35.6 Å². The van der Waals surface area contributed by atoms with Crippen molar-refractivity contribution in [2.45, 2.75) is 57.0 Å². The fraction of sp³-hybridized carbons (Fsp3) is 0.302. The van der Waals surface area contributed by atoms with Gasteiger partial charge in [-0.05, 0) is 83.0 Å². The molecule has 11 nitrogen and oxygen atoms in total. The minimum absolute atomic E-state index is 0.0300. The number of carbonyl (C=O) groups excluding carboxylic acids is 1. The van der Waals surface area contributed by atoms with Gasteiger partial charge in [-0.1, -0.05) is 92.7 Å². The molecule has 0 unspecified atom stereocenters. The number of ether oxygens (including phenoxy) is 5. The molecular weight excluding hydrogens is 683 g/mol. The number of anilines is 1. The van der Waals surface area contributed by atoms with Crippen LogP contribution in [0.1, 0.15) is 62.1 Å². The van der Waals surface area contributed by atoms with Crippen LogP contribution >= 0.6 is 0 Å². The smallest absolute Gasteiger partial charge is 0.262 e. The first-order valence-electron chi connectivity index (χ1n) is 18.0. The zero-order valence-electron chi connectivity index (χ0n) is 31.2. The summed E-state index contributed by atoms with van der Waals surface area (Å²) in [5, 5.41) is 11.7. The Morgan fingerprint density at radius 2 is 1.37 bits per heavy atom. The number of amides is 1. The fourth-order valence-corrected chi connectivity index (χ4v) is 6.81. The summed E-state index contributed by atoms with van der Waals surface area (Å²) in [5.41, 5.74) is 4.58. The second kappa shape index (κ2) is 15.7. The first-order valence-corrected chi connectivity index (χ1v) is 18.0. The van der Waals surface area contributed by atoms with Crippen LogP contribution in [0.2, 0.25) is 0 Å². The zero-order valence-corrected chi connectivity index (χ0v) is 31.2. The monoisotopic (exact) mass is 727 g/mol. The van der Waals surface area contributed by atoms with Crippen LogP contribution < -0.4 is 19.5 Å². The van der Waals surface area contributed by atoms with Crippen molar-refractivity contribution in [3.05, 3.63) is 138 Å². The number of benzene rings is 4. The Bertz CT molecular complexity index is 2120. The van der Waals surface area contributed by atoms with E-state index in [-0.39, 0.29) is 24.0 Å². The van der Waals surface area contributed by atoms with Crippen molar-refractivity contribution in [2.75, 3.05) is 32.8 Å². The number of pyridine rings is 1. The van der Waals surface area contributed by atoms with Crippen LogP contribution in [-0.2, 0) is 25.3 Å². The van der Waals surface area contributed by atoms with E-state index in [1.54, 1.807) is 31.2 Å². The maximum atomic E-state index is 12.9. The summed E-state index contributed by atoms with van der Waals surface area (Å²) in [7, 11) is 3.31. The lowest BCUT2D eigenvalue weighted by Gasteiger charge is -2.37. The standard InChI is InChI=1S/C43H45N5O6/c1-42(2,3)29-11-21-35(22-12-29)52-28-38(49)45-37-25-26-44-41-40(37)46-47-48(41)39-24-23-36(54-39)27-53-43(30-9-7-6-8-10-30,31-13-17-33(50-4)18-14-31)32-15-19-34(51-5)20-16-32/h6-22,25-26,36,39H,23-24,27-28H2,1-5H3,(H,44,45,49)/t36-,39-/m1/s1. The lowest BCUT2D eigenvalue weighted by atomic mass is 9.80. The lowest BCUT2D eigenvalue weighted by molar-refractivity contribution is -0.118. The minimum atomic E-state index is -0.963. The quantitative estimate of drug-likeness (QED) is 0.119. The van der Waals surface area contributed by atoms with Crippen LogP contribution in [0.4, 0.5) is 5.69 Å². The molecule has 0 saturated carbocycles. The molecule has 1 aliphatic rings. The maximum Gasteiger partial charge on any atom is 0.262 e. The summed E-state index contributed by atoms with van der Waals surface area (Å²) in [6.45, 7) is 6.60. The second-order valence-electron chi connectivity index (χ2n) is 14.3. The molecule has 1 amide bonds. The molecule has 1 fully saturated rings. The first-order chi connectivity index (χ1) is 26.2. The van der Waals surface area contributed by atoms with Crippen LogP contribution in [0.15, 0.2) is 115 Å². The molecule has 1 N–H and O–H groups in total. The molecule has 0 bridgehead atoms. The zero-order chi connectivity index (χ0) is 37.7. The average molecular weight is 728 g/mol. The van der Waals surface area contributed by atoms with E-state index >= 15 is 0 Å². The highest BCUT2D eigenvalue weighted by Gasteiger charge is 2.40. The number of methoxy groups -OCH3 is 2. The van der Waals surface area contributed by atoms with Crippen LogP contribution in [0.3, 0.4) is 0 Å². The average Bonchev–Trinajstić information content (AvgIpc) is 3.86. The van der Waals surface area contributed by atoms with Crippen molar-refractivity contribution in [2.24, 2.45) is 0 Å². The molecule has 54 heavy (non-hydrogen) atoms. The van der Waals surface area contributed by atoms with Gasteiger partial charge in [0.25, 0.3) is 5.91 Å². The number of fused-ring (bicyclic) bond motifs is 1. The molecule has 1 aliphatic heterocycles. The number of nitrogens with one attached hydrogen (secondary N) is 1. The lowest BCUT2D eigenvalue weighted by Crippen LogP contribution is -2.35. The first kappa shape index (κ1) is 36.6. The van der Waals surface area contributed by atoms with Gasteiger partial charge in [0, 0.05) is 6.20 Å². The van der Waals surface area contributed by atoms with E-state index in [0.717, 1.165) is 34.6 Å². The molecule has 2 aromatic heterocycles. The molecule has 7 rings (SSSR count). The normalized spacial score (nSPS) is 15.9. The van der Waals surface area contributed by atoms with Gasteiger partial charge < -0.3 is 29.0 Å². The highest BCUT2D eigenvalue weighted by molar-refractivity contribution is 5.98. The molecule has 4 aromatic carbocycles. The van der Waals surface area contributed by atoms with Gasteiger partial charge in [-0.2, -0.15) is 4.68 Å². The van der Waals surface area contributed by atoms with Crippen molar-refractivity contribution >= 4 is 22.8 Å². The molecule has 6 aromatic rings. The Labute approximate surface area is 315 Å². The Morgan fingerprint density at radius 3 is 1.98 bits per heavy atom. The Morgan fingerprint density at radius 1 is 0.778 bits per heavy atom. The molecule has 2 atom stereocenters. The summed E-state index contributed by atoms with van der Waals surface area (Å²) in [6.07, 6.45) is 2.36. The van der Waals surface area contributed by atoms with Crippen LogP contribution in [0.5, 0.6) is 17.2 Å². The third kappa shape index (κ3) is 7.64. The van der Waals surface area contributed by atoms with E-state index in [1.807, 2.05) is 91.0 Å². The highest BCUT2D eigenvalue weighted by Crippen LogP contribution is 2.43. The summed E-state index contributed by atoms with van der Waals surface area (Å²) >= 11 is 0. The molecule has 3 heterocycles. The molecule has 0 spiro atoms. The molecular formula is C43H45N5O6. The van der Waals surface area contributed by atoms with Crippen LogP contribution in [-0.4, -0.2) is 59.4 Å². The molecule has 11 heteroatoms. The summed E-state index contributed by atoms with van der Waals surface area (Å²) in [5.74, 6) is 1.81. The Kier molecular flexibility index (Phi) is 10.6. The van der Waals surface area contributed by atoms with Gasteiger partial charge in [0.1, 0.15) is 22.8 Å². The largest absolute Gasteiger partial charge is 0.497 e. The van der Waals surface area contributed by atoms with Gasteiger partial charge in [0.15, 0.2) is 24.0 Å². The SMILES string of the molecule is COc1ccc(C(OC[C@H]2CC[C@H](n3nnc4c(NC(=O)COc5ccc(C(C)(C)C)cc5)ccnc43)O2)(c2ccccc2)c2ccc(OC)cc2)cc1. The summed E-state index contributed by atoms with van der Waals surface area (Å²) in [4.78, 5) is 17.5. The number of hydrogen-bond acceptors (Lipinski definition) is 9. The van der Waals surface area contributed by atoms with E-state index in [9.17, 15) is 4.79 Å². The van der Waals surface area contributed by atoms with Crippen molar-refractivity contribution in [1.29, 1.82) is 0 Å². The van der Waals surface area contributed by atoms with Crippen molar-refractivity contribution in [3.63, 3.8) is 0 Å². The summed E-state index contributed by atoms with van der Waals surface area (Å²) < 4.78 is 32.1. The molecule has 0 aliphatic carbocycles. The predicted molar refractivity (Wildman–Crippen MR) is 206 cm³/mol. The number of nitrogens with zero attached hydrogens (tertiary/aromatic N) is 4. The topological polar surface area (TPSA) is 119 Å². The third-order valence-corrected chi connectivity index (χ3v) is 9.74. The maximum absolute atomic E-state index is 12.9. The minimum Gasteiger partial charge on any atom is -0.497 e. The van der Waals surface area contributed by atoms with Crippen LogP contribution in [0, 0.1) is 0 Å². The van der Waals surface area contributed by atoms with Gasteiger partial charge in [0.05, 0.1) is 32.6 Å². The van der Waals surface area contributed by atoms with Gasteiger partial charge in [-0.3, -0.25) is 4.79 Å². The van der Waals surface area contributed by atoms with E-state index in [1.165, 1.54) is 5.56 Å². The van der Waals surface area contributed by atoms with Gasteiger partial charge in [-0.15, -0.1) is 5.10 Å². The second-order valence-corrected chi connectivity index (χ2v) is 14.3. The number of aromatic nitrogens is 4. The van der Waals surface area contributed by atoms with Crippen molar-refractivity contribution in [3.8, 4) is 17.2 Å². The summed E-state index contributed by atoms with van der Waals surface area (Å²) in [6, 6.07) is 35.6. The van der Waals surface area contributed by atoms with E-state index in [2.05, 4.69) is 53.5 Å².